The number of fused-ring (bicyclic) bond motifs is 1. The number of hydrazone groups is 1. The topological polar surface area (TPSA) is 106 Å². The maximum atomic E-state index is 12.1. The highest BCUT2D eigenvalue weighted by Gasteiger charge is 2.08. The van der Waals surface area contributed by atoms with Crippen LogP contribution in [0.4, 0.5) is 0 Å². The van der Waals surface area contributed by atoms with E-state index in [4.69, 9.17) is 9.47 Å². The molecular weight excluding hydrogens is 360 g/mol. The number of ether oxygens (including phenoxy) is 2. The molecule has 0 atom stereocenters. The van der Waals surface area contributed by atoms with Crippen LogP contribution in [-0.4, -0.2) is 36.3 Å². The van der Waals surface area contributed by atoms with Gasteiger partial charge in [-0.2, -0.15) is 5.10 Å². The molecule has 0 fully saturated rings. The lowest BCUT2D eigenvalue weighted by atomic mass is 10.2. The zero-order valence-corrected chi connectivity index (χ0v) is 15.6. The van der Waals surface area contributed by atoms with Gasteiger partial charge in [-0.1, -0.05) is 12.1 Å². The van der Waals surface area contributed by atoms with Crippen molar-refractivity contribution >= 4 is 23.2 Å². The molecule has 8 nitrogen and oxygen atoms in total. The number of methoxy groups -OCH3 is 2. The Morgan fingerprint density at radius 2 is 1.96 bits per heavy atom. The van der Waals surface area contributed by atoms with E-state index in [1.165, 1.54) is 6.21 Å². The van der Waals surface area contributed by atoms with E-state index in [2.05, 4.69) is 20.5 Å². The predicted octanol–water partition coefficient (Wildman–Crippen LogP) is 2.02. The highest BCUT2D eigenvalue weighted by molar-refractivity contribution is 5.83. The van der Waals surface area contributed by atoms with Gasteiger partial charge in [-0.3, -0.25) is 9.59 Å². The number of benzene rings is 2. The van der Waals surface area contributed by atoms with Gasteiger partial charge < -0.3 is 14.5 Å². The molecule has 0 aliphatic heterocycles. The number of hydrogen-bond acceptors (Lipinski definition) is 6. The third-order valence-corrected chi connectivity index (χ3v) is 4.07. The van der Waals surface area contributed by atoms with E-state index in [0.29, 0.717) is 28.2 Å². The summed E-state index contributed by atoms with van der Waals surface area (Å²) >= 11 is 0. The lowest BCUT2D eigenvalue weighted by Crippen LogP contribution is -2.21. The molecule has 0 unspecified atom stereocenters. The van der Waals surface area contributed by atoms with E-state index in [1.54, 1.807) is 38.5 Å². The molecule has 3 rings (SSSR count). The van der Waals surface area contributed by atoms with E-state index >= 15 is 0 Å². The van der Waals surface area contributed by atoms with E-state index in [-0.39, 0.29) is 24.3 Å². The molecule has 8 heteroatoms. The molecule has 2 aromatic carbocycles. The van der Waals surface area contributed by atoms with Gasteiger partial charge in [-0.25, -0.2) is 10.4 Å². The second-order valence-electron chi connectivity index (χ2n) is 5.94. The highest BCUT2D eigenvalue weighted by atomic mass is 16.5. The molecule has 0 aliphatic carbocycles. The largest absolute Gasteiger partial charge is 0.493 e. The molecule has 1 heterocycles. The van der Waals surface area contributed by atoms with Crippen LogP contribution in [0.25, 0.3) is 11.0 Å². The van der Waals surface area contributed by atoms with Crippen molar-refractivity contribution in [2.75, 3.05) is 14.2 Å². The van der Waals surface area contributed by atoms with Gasteiger partial charge in [0.15, 0.2) is 11.5 Å². The summed E-state index contributed by atoms with van der Waals surface area (Å²) in [5.41, 5.74) is 4.56. The first-order valence-corrected chi connectivity index (χ1v) is 8.62. The molecule has 0 aliphatic rings. The number of amides is 1. The molecule has 1 amide bonds. The zero-order valence-electron chi connectivity index (χ0n) is 15.6. The fraction of sp³-hybridized carbons (Fsp3) is 0.200. The van der Waals surface area contributed by atoms with Gasteiger partial charge in [-0.05, 0) is 35.9 Å². The Kier molecular flexibility index (Phi) is 6.01. The van der Waals surface area contributed by atoms with Crippen LogP contribution in [0.3, 0.4) is 0 Å². The van der Waals surface area contributed by atoms with Gasteiger partial charge in [0.2, 0.25) is 5.91 Å². The highest BCUT2D eigenvalue weighted by Crippen LogP contribution is 2.26. The average Bonchev–Trinajstić information content (AvgIpc) is 2.72. The van der Waals surface area contributed by atoms with Crippen LogP contribution in [0.15, 0.2) is 52.4 Å². The van der Waals surface area contributed by atoms with E-state index in [9.17, 15) is 9.59 Å². The van der Waals surface area contributed by atoms with Crippen molar-refractivity contribution in [1.82, 2.24) is 15.4 Å². The first-order valence-electron chi connectivity index (χ1n) is 8.62. The van der Waals surface area contributed by atoms with Crippen molar-refractivity contribution in [2.45, 2.75) is 12.8 Å². The Balaban J connectivity index is 1.58. The summed E-state index contributed by atoms with van der Waals surface area (Å²) in [6.07, 6.45) is 1.82. The number of hydrogen-bond donors (Lipinski definition) is 2. The van der Waals surface area contributed by atoms with Crippen molar-refractivity contribution in [1.29, 1.82) is 0 Å². The molecular formula is C20H20N4O4. The standard InChI is InChI=1S/C20H20N4O4/c1-27-17-9-7-13(11-18(17)28-2)12-21-24-19(25)10-8-16-20(26)23-15-6-4-3-5-14(15)22-16/h3-7,9,11-12H,8,10H2,1-2H3,(H,23,26)(H,24,25)/b21-12-. The number of H-pyrrole nitrogens is 1. The second kappa shape index (κ2) is 8.81. The molecule has 0 saturated carbocycles. The maximum Gasteiger partial charge on any atom is 0.270 e. The summed E-state index contributed by atoms with van der Waals surface area (Å²) in [6.45, 7) is 0. The summed E-state index contributed by atoms with van der Waals surface area (Å²) in [4.78, 5) is 31.1. The van der Waals surface area contributed by atoms with E-state index < -0.39 is 0 Å². The third kappa shape index (κ3) is 4.53. The van der Waals surface area contributed by atoms with Crippen molar-refractivity contribution in [2.24, 2.45) is 5.10 Å². The van der Waals surface area contributed by atoms with Crippen LogP contribution in [0, 0.1) is 0 Å². The molecule has 1 aromatic heterocycles. The lowest BCUT2D eigenvalue weighted by Gasteiger charge is -2.07. The number of para-hydroxylation sites is 2. The van der Waals surface area contributed by atoms with Gasteiger partial charge >= 0.3 is 0 Å². The minimum atomic E-state index is -0.314. The number of aromatic nitrogens is 2. The Morgan fingerprint density at radius 3 is 2.75 bits per heavy atom. The van der Waals surface area contributed by atoms with Crippen LogP contribution in [0.2, 0.25) is 0 Å². The normalized spacial score (nSPS) is 10.9. The molecule has 3 aromatic rings. The van der Waals surface area contributed by atoms with Gasteiger partial charge in [-0.15, -0.1) is 0 Å². The van der Waals surface area contributed by atoms with E-state index in [0.717, 1.165) is 5.56 Å². The average molecular weight is 380 g/mol. The lowest BCUT2D eigenvalue weighted by molar-refractivity contribution is -0.121. The molecule has 0 radical (unpaired) electrons. The van der Waals surface area contributed by atoms with Gasteiger partial charge in [0.05, 0.1) is 31.5 Å². The summed E-state index contributed by atoms with van der Waals surface area (Å²) in [5.74, 6) is 0.863. The molecule has 2 N–H and O–H groups in total. The number of nitrogens with zero attached hydrogens (tertiary/aromatic N) is 2. The van der Waals surface area contributed by atoms with Crippen LogP contribution < -0.4 is 20.5 Å². The Hall–Kier alpha value is -3.68. The number of carbonyl (C=O) groups excluding carboxylic acids is 1. The number of rotatable bonds is 7. The first kappa shape index (κ1) is 19.1. The first-order chi connectivity index (χ1) is 13.6. The fourth-order valence-corrected chi connectivity index (χ4v) is 2.64. The molecule has 28 heavy (non-hydrogen) atoms. The SMILES string of the molecule is COc1ccc(/C=N\NC(=O)CCc2nc3ccccc3[nH]c2=O)cc1OC. The smallest absolute Gasteiger partial charge is 0.270 e. The van der Waals surface area contributed by atoms with Crippen LogP contribution in [-0.2, 0) is 11.2 Å². The third-order valence-electron chi connectivity index (χ3n) is 4.07. The van der Waals surface area contributed by atoms with Gasteiger partial charge in [0.1, 0.15) is 5.69 Å². The Labute approximate surface area is 161 Å². The van der Waals surface area contributed by atoms with E-state index in [1.807, 2.05) is 18.2 Å². The number of aryl methyl sites for hydroxylation is 1. The van der Waals surface area contributed by atoms with Crippen molar-refractivity contribution in [3.63, 3.8) is 0 Å². The monoisotopic (exact) mass is 380 g/mol. The second-order valence-corrected chi connectivity index (χ2v) is 5.94. The number of aromatic amines is 1. The summed E-state index contributed by atoms with van der Waals surface area (Å²) in [6, 6.07) is 12.5. The number of nitrogens with one attached hydrogen (secondary N) is 2. The minimum absolute atomic E-state index is 0.0949. The summed E-state index contributed by atoms with van der Waals surface area (Å²) < 4.78 is 10.4. The molecule has 0 bridgehead atoms. The Bertz CT molecular complexity index is 1080. The number of carbonyl (C=O) groups is 1. The minimum Gasteiger partial charge on any atom is -0.493 e. The fourth-order valence-electron chi connectivity index (χ4n) is 2.64. The molecule has 0 saturated heterocycles. The van der Waals surface area contributed by atoms with Crippen molar-refractivity contribution in [3.8, 4) is 11.5 Å². The molecule has 144 valence electrons. The van der Waals surface area contributed by atoms with Crippen LogP contribution >= 0.6 is 0 Å². The van der Waals surface area contributed by atoms with Gasteiger partial charge in [0, 0.05) is 12.8 Å². The maximum absolute atomic E-state index is 12.1. The van der Waals surface area contributed by atoms with Crippen LogP contribution in [0.5, 0.6) is 11.5 Å². The summed E-state index contributed by atoms with van der Waals surface area (Å²) in [5, 5.41) is 3.93. The quantitative estimate of drug-likeness (QED) is 0.482. The molecule has 0 spiro atoms. The summed E-state index contributed by atoms with van der Waals surface area (Å²) in [7, 11) is 3.10. The predicted molar refractivity (Wildman–Crippen MR) is 106 cm³/mol. The van der Waals surface area contributed by atoms with Crippen molar-refractivity contribution < 1.29 is 14.3 Å². The van der Waals surface area contributed by atoms with Crippen molar-refractivity contribution in [3.05, 3.63) is 64.1 Å². The van der Waals surface area contributed by atoms with Gasteiger partial charge in [0.25, 0.3) is 5.56 Å². The van der Waals surface area contributed by atoms with Crippen LogP contribution in [0.1, 0.15) is 17.7 Å². The Morgan fingerprint density at radius 1 is 1.18 bits per heavy atom. The zero-order chi connectivity index (χ0) is 19.9.